The Kier molecular flexibility index (Phi) is 2.99. The first kappa shape index (κ1) is 10.6. The van der Waals surface area contributed by atoms with Crippen molar-refractivity contribution in [1.82, 2.24) is 4.90 Å². The monoisotopic (exact) mass is 182 g/mol. The lowest BCUT2D eigenvalue weighted by Crippen LogP contribution is -2.37. The first-order chi connectivity index (χ1) is 5.93. The zero-order valence-electron chi connectivity index (χ0n) is 9.35. The molecule has 1 aliphatic heterocycles. The number of likely N-dealkylation sites (tertiary alicyclic amines) is 1. The van der Waals surface area contributed by atoms with Crippen molar-refractivity contribution in [1.29, 1.82) is 5.41 Å². The minimum atomic E-state index is 0.330. The van der Waals surface area contributed by atoms with Crippen LogP contribution < -0.4 is 0 Å². The van der Waals surface area contributed by atoms with Gasteiger partial charge < -0.3 is 4.90 Å². The molecule has 13 heavy (non-hydrogen) atoms. The van der Waals surface area contributed by atoms with Crippen LogP contribution in [0.3, 0.4) is 0 Å². The number of nitrogens with one attached hydrogen (secondary N) is 1. The Morgan fingerprint density at radius 3 is 2.46 bits per heavy atom. The zero-order chi connectivity index (χ0) is 10.1. The van der Waals surface area contributed by atoms with E-state index in [2.05, 4.69) is 32.6 Å². The lowest BCUT2D eigenvalue weighted by atomic mass is 9.81. The van der Waals surface area contributed by atoms with E-state index in [0.29, 0.717) is 11.3 Å². The highest BCUT2D eigenvalue weighted by Gasteiger charge is 2.28. The zero-order valence-corrected chi connectivity index (χ0v) is 9.35. The maximum atomic E-state index is 7.75. The minimum Gasteiger partial charge on any atom is -0.360 e. The van der Waals surface area contributed by atoms with Gasteiger partial charge in [-0.25, -0.2) is 0 Å². The first-order valence-corrected chi connectivity index (χ1v) is 5.26. The van der Waals surface area contributed by atoms with Crippen molar-refractivity contribution >= 4 is 5.84 Å². The predicted molar refractivity (Wildman–Crippen MR) is 57.2 cm³/mol. The van der Waals surface area contributed by atoms with Crippen molar-refractivity contribution < 1.29 is 0 Å². The Morgan fingerprint density at radius 1 is 1.46 bits per heavy atom. The highest BCUT2D eigenvalue weighted by molar-refractivity contribution is 5.80. The third-order valence-electron chi connectivity index (χ3n) is 3.38. The van der Waals surface area contributed by atoms with E-state index in [1.807, 2.05) is 0 Å². The summed E-state index contributed by atoms with van der Waals surface area (Å²) in [4.78, 5) is 2.24. The molecule has 0 spiro atoms. The van der Waals surface area contributed by atoms with Gasteiger partial charge in [-0.3, -0.25) is 5.41 Å². The van der Waals surface area contributed by atoms with Crippen molar-refractivity contribution in [2.24, 2.45) is 11.3 Å². The second-order valence-corrected chi connectivity index (χ2v) is 5.12. The van der Waals surface area contributed by atoms with E-state index < -0.39 is 0 Å². The summed E-state index contributed by atoms with van der Waals surface area (Å²) >= 11 is 0. The Labute approximate surface area is 81.8 Å². The molecule has 1 fully saturated rings. The molecule has 0 aromatic carbocycles. The maximum Gasteiger partial charge on any atom is 0.0958 e. The Balaban J connectivity index is 2.52. The van der Waals surface area contributed by atoms with Gasteiger partial charge in [-0.15, -0.1) is 0 Å². The van der Waals surface area contributed by atoms with Crippen LogP contribution >= 0.6 is 0 Å². The van der Waals surface area contributed by atoms with Crippen LogP contribution in [-0.4, -0.2) is 23.8 Å². The third-order valence-corrected chi connectivity index (χ3v) is 3.38. The molecular weight excluding hydrogens is 160 g/mol. The standard InChI is InChI=1S/C11H22N2/c1-9(2)11(3,4)8-13-7-5-6-10(13)12/h9,12H,5-8H2,1-4H3. The molecule has 0 aliphatic carbocycles. The normalized spacial score (nSPS) is 18.8. The van der Waals surface area contributed by atoms with Gasteiger partial charge in [0.15, 0.2) is 0 Å². The number of hydrogen-bond acceptors (Lipinski definition) is 1. The van der Waals surface area contributed by atoms with Crippen molar-refractivity contribution in [3.8, 4) is 0 Å². The summed E-state index contributed by atoms with van der Waals surface area (Å²) in [5.74, 6) is 1.52. The largest absolute Gasteiger partial charge is 0.360 e. The SMILES string of the molecule is CC(C)C(C)(C)CN1CCCC1=N. The molecule has 0 bridgehead atoms. The molecule has 0 saturated carbocycles. The van der Waals surface area contributed by atoms with Crippen LogP contribution in [0.25, 0.3) is 0 Å². The molecule has 76 valence electrons. The molecule has 1 saturated heterocycles. The highest BCUT2D eigenvalue weighted by Crippen LogP contribution is 2.28. The molecule has 0 unspecified atom stereocenters. The van der Waals surface area contributed by atoms with Gasteiger partial charge in [0.1, 0.15) is 0 Å². The number of rotatable bonds is 3. The lowest BCUT2D eigenvalue weighted by Gasteiger charge is -2.34. The van der Waals surface area contributed by atoms with Crippen LogP contribution in [0, 0.1) is 16.7 Å². The van der Waals surface area contributed by atoms with Crippen LogP contribution in [0.1, 0.15) is 40.5 Å². The molecule has 1 N–H and O–H groups in total. The number of amidine groups is 1. The van der Waals surface area contributed by atoms with Gasteiger partial charge in [-0.2, -0.15) is 0 Å². The Morgan fingerprint density at radius 2 is 2.08 bits per heavy atom. The van der Waals surface area contributed by atoms with Gasteiger partial charge >= 0.3 is 0 Å². The minimum absolute atomic E-state index is 0.330. The first-order valence-electron chi connectivity index (χ1n) is 5.26. The maximum absolute atomic E-state index is 7.75. The van der Waals surface area contributed by atoms with Crippen LogP contribution in [0.15, 0.2) is 0 Å². The van der Waals surface area contributed by atoms with Gasteiger partial charge in [0.05, 0.1) is 5.84 Å². The van der Waals surface area contributed by atoms with Crippen molar-refractivity contribution in [2.75, 3.05) is 13.1 Å². The molecular formula is C11H22N2. The van der Waals surface area contributed by atoms with E-state index in [1.165, 1.54) is 6.42 Å². The lowest BCUT2D eigenvalue weighted by molar-refractivity contribution is 0.189. The van der Waals surface area contributed by atoms with Gasteiger partial charge in [0.25, 0.3) is 0 Å². The summed E-state index contributed by atoms with van der Waals surface area (Å²) in [6, 6.07) is 0. The summed E-state index contributed by atoms with van der Waals surface area (Å²) in [6.07, 6.45) is 2.15. The molecule has 1 heterocycles. The van der Waals surface area contributed by atoms with E-state index in [1.54, 1.807) is 0 Å². The average molecular weight is 182 g/mol. The molecule has 0 aromatic rings. The highest BCUT2D eigenvalue weighted by atomic mass is 15.2. The van der Waals surface area contributed by atoms with Crippen molar-refractivity contribution in [2.45, 2.75) is 40.5 Å². The fourth-order valence-corrected chi connectivity index (χ4v) is 1.58. The molecule has 0 radical (unpaired) electrons. The molecule has 0 atom stereocenters. The second kappa shape index (κ2) is 3.69. The van der Waals surface area contributed by atoms with Crippen LogP contribution in [0.4, 0.5) is 0 Å². The molecule has 1 aliphatic rings. The molecule has 0 amide bonds. The Bertz CT molecular complexity index is 194. The van der Waals surface area contributed by atoms with Gasteiger partial charge in [0, 0.05) is 19.5 Å². The predicted octanol–water partition coefficient (Wildman–Crippen LogP) is 2.74. The van der Waals surface area contributed by atoms with Crippen molar-refractivity contribution in [3.63, 3.8) is 0 Å². The van der Waals surface area contributed by atoms with Crippen LogP contribution in [0.2, 0.25) is 0 Å². The fourth-order valence-electron chi connectivity index (χ4n) is 1.58. The van der Waals surface area contributed by atoms with Crippen LogP contribution in [-0.2, 0) is 0 Å². The fraction of sp³-hybridized carbons (Fsp3) is 0.909. The van der Waals surface area contributed by atoms with Gasteiger partial charge in [0.2, 0.25) is 0 Å². The Hall–Kier alpha value is -0.530. The second-order valence-electron chi connectivity index (χ2n) is 5.12. The third kappa shape index (κ3) is 2.45. The average Bonchev–Trinajstić information content (AvgIpc) is 2.35. The van der Waals surface area contributed by atoms with Gasteiger partial charge in [-0.05, 0) is 17.8 Å². The number of hydrogen-bond donors (Lipinski definition) is 1. The smallest absolute Gasteiger partial charge is 0.0958 e. The summed E-state index contributed by atoms with van der Waals surface area (Å²) in [5, 5.41) is 7.75. The number of nitrogens with zero attached hydrogens (tertiary/aromatic N) is 1. The van der Waals surface area contributed by atoms with E-state index >= 15 is 0 Å². The molecule has 2 nitrogen and oxygen atoms in total. The summed E-state index contributed by atoms with van der Waals surface area (Å²) in [5.41, 5.74) is 0.330. The molecule has 1 rings (SSSR count). The van der Waals surface area contributed by atoms with Crippen molar-refractivity contribution in [3.05, 3.63) is 0 Å². The summed E-state index contributed by atoms with van der Waals surface area (Å²) in [6.45, 7) is 11.3. The molecule has 2 heteroatoms. The van der Waals surface area contributed by atoms with E-state index in [4.69, 9.17) is 5.41 Å². The molecule has 0 aromatic heterocycles. The summed E-state index contributed by atoms with van der Waals surface area (Å²) in [7, 11) is 0. The van der Waals surface area contributed by atoms with E-state index in [-0.39, 0.29) is 0 Å². The van der Waals surface area contributed by atoms with E-state index in [0.717, 1.165) is 25.3 Å². The van der Waals surface area contributed by atoms with E-state index in [9.17, 15) is 0 Å². The van der Waals surface area contributed by atoms with Gasteiger partial charge in [-0.1, -0.05) is 27.7 Å². The quantitative estimate of drug-likeness (QED) is 0.714. The topological polar surface area (TPSA) is 27.1 Å². The van der Waals surface area contributed by atoms with Crippen LogP contribution in [0.5, 0.6) is 0 Å². The summed E-state index contributed by atoms with van der Waals surface area (Å²) < 4.78 is 0.